The minimum absolute atomic E-state index is 0.123. The zero-order valence-electron chi connectivity index (χ0n) is 20.2. The average Bonchev–Trinajstić information content (AvgIpc) is 3.33. The van der Waals surface area contributed by atoms with Gasteiger partial charge < -0.3 is 24.3 Å². The van der Waals surface area contributed by atoms with Crippen LogP contribution in [0.2, 0.25) is 0 Å². The number of hydrogen-bond donors (Lipinski definition) is 2. The first-order valence-electron chi connectivity index (χ1n) is 11.0. The van der Waals surface area contributed by atoms with Gasteiger partial charge in [-0.3, -0.25) is 14.5 Å². The fourth-order valence-corrected chi connectivity index (χ4v) is 4.29. The van der Waals surface area contributed by atoms with Crippen molar-refractivity contribution in [2.45, 2.75) is 36.6 Å². The summed E-state index contributed by atoms with van der Waals surface area (Å²) in [5.41, 5.74) is 1.54. The monoisotopic (exact) mass is 498 g/mol. The molecule has 0 aliphatic heterocycles. The van der Waals surface area contributed by atoms with E-state index in [0.29, 0.717) is 30.3 Å². The molecule has 186 valence electrons. The van der Waals surface area contributed by atoms with E-state index in [9.17, 15) is 14.7 Å². The zero-order valence-corrected chi connectivity index (χ0v) is 21.1. The molecule has 9 heteroatoms. The molecule has 0 radical (unpaired) electrons. The maximum atomic E-state index is 12.9. The summed E-state index contributed by atoms with van der Waals surface area (Å²) in [5.74, 6) is 0.821. The lowest BCUT2D eigenvalue weighted by molar-refractivity contribution is -0.138. The summed E-state index contributed by atoms with van der Waals surface area (Å²) >= 11 is 1.29. The summed E-state index contributed by atoms with van der Waals surface area (Å²) in [6.07, 6.45) is 1.60. The number of benzene rings is 2. The Morgan fingerprint density at radius 3 is 2.40 bits per heavy atom. The molecule has 0 fully saturated rings. The van der Waals surface area contributed by atoms with Crippen molar-refractivity contribution in [1.29, 1.82) is 0 Å². The van der Waals surface area contributed by atoms with Crippen LogP contribution in [0.15, 0.2) is 70.2 Å². The number of thioether (sulfide) groups is 1. The summed E-state index contributed by atoms with van der Waals surface area (Å²) in [7, 11) is 3.10. The second kappa shape index (κ2) is 11.8. The number of methoxy groups -OCH3 is 2. The van der Waals surface area contributed by atoms with Gasteiger partial charge in [-0.05, 0) is 55.8 Å². The molecule has 0 unspecified atom stereocenters. The van der Waals surface area contributed by atoms with E-state index >= 15 is 0 Å². The molecule has 0 bridgehead atoms. The van der Waals surface area contributed by atoms with Crippen LogP contribution >= 0.6 is 11.8 Å². The van der Waals surface area contributed by atoms with Crippen molar-refractivity contribution in [3.63, 3.8) is 0 Å². The van der Waals surface area contributed by atoms with E-state index in [-0.39, 0.29) is 12.5 Å². The number of carbonyl (C=O) groups is 2. The molecule has 0 saturated heterocycles. The molecular weight excluding hydrogens is 468 g/mol. The van der Waals surface area contributed by atoms with Gasteiger partial charge in [0.15, 0.2) is 0 Å². The molecular formula is C26H30N2O6S. The first-order chi connectivity index (χ1) is 16.7. The number of carboxylic acid groups (broad SMARTS) is 1. The third kappa shape index (κ3) is 7.53. The number of ether oxygens (including phenoxy) is 2. The Balaban J connectivity index is 1.70. The van der Waals surface area contributed by atoms with Crippen molar-refractivity contribution in [2.75, 3.05) is 26.1 Å². The standard InChI is InChI=1S/C26H30N2O6S/c1-26(2,25(30)31)35-21-10-7-18(8-11-21)15-28(16-20-6-5-13-34-20)17-24(29)27-22-12-9-19(32-3)14-23(22)33-4/h5-14H,15-17H2,1-4H3,(H,27,29)(H,30,31). The van der Waals surface area contributed by atoms with Crippen LogP contribution in [-0.4, -0.2) is 47.4 Å². The Kier molecular flexibility index (Phi) is 8.84. The van der Waals surface area contributed by atoms with Crippen molar-refractivity contribution in [1.82, 2.24) is 4.90 Å². The SMILES string of the molecule is COc1ccc(NC(=O)CN(Cc2ccc(SC(C)(C)C(=O)O)cc2)Cc2ccco2)c(OC)c1. The van der Waals surface area contributed by atoms with Crippen molar-refractivity contribution < 1.29 is 28.6 Å². The van der Waals surface area contributed by atoms with Gasteiger partial charge in [0, 0.05) is 17.5 Å². The molecule has 0 spiro atoms. The van der Waals surface area contributed by atoms with E-state index in [0.717, 1.165) is 16.2 Å². The van der Waals surface area contributed by atoms with Gasteiger partial charge in [0.1, 0.15) is 22.0 Å². The Morgan fingerprint density at radius 2 is 1.80 bits per heavy atom. The van der Waals surface area contributed by atoms with Gasteiger partial charge in [-0.2, -0.15) is 0 Å². The quantitative estimate of drug-likeness (QED) is 0.340. The number of carbonyl (C=O) groups excluding carboxylic acids is 1. The lowest BCUT2D eigenvalue weighted by atomic mass is 10.2. The molecule has 0 aliphatic carbocycles. The molecule has 1 heterocycles. The van der Waals surface area contributed by atoms with Crippen LogP contribution in [0.25, 0.3) is 0 Å². The van der Waals surface area contributed by atoms with E-state index in [4.69, 9.17) is 13.9 Å². The van der Waals surface area contributed by atoms with Gasteiger partial charge in [-0.15, -0.1) is 11.8 Å². The van der Waals surface area contributed by atoms with Crippen LogP contribution in [0.3, 0.4) is 0 Å². The van der Waals surface area contributed by atoms with Crippen molar-refractivity contribution in [3.8, 4) is 11.5 Å². The largest absolute Gasteiger partial charge is 0.497 e. The molecule has 1 amide bonds. The highest BCUT2D eigenvalue weighted by Gasteiger charge is 2.28. The third-order valence-corrected chi connectivity index (χ3v) is 6.42. The zero-order chi connectivity index (χ0) is 25.4. The molecule has 8 nitrogen and oxygen atoms in total. The van der Waals surface area contributed by atoms with Crippen LogP contribution in [0.4, 0.5) is 5.69 Å². The summed E-state index contributed by atoms with van der Waals surface area (Å²) < 4.78 is 15.2. The fourth-order valence-electron chi connectivity index (χ4n) is 3.34. The molecule has 3 aromatic rings. The summed E-state index contributed by atoms with van der Waals surface area (Å²) in [6.45, 7) is 4.42. The number of aliphatic carboxylic acids is 1. The number of anilines is 1. The number of rotatable bonds is 12. The molecule has 2 aromatic carbocycles. The predicted molar refractivity (Wildman–Crippen MR) is 135 cm³/mol. The van der Waals surface area contributed by atoms with Crippen LogP contribution in [0.1, 0.15) is 25.2 Å². The maximum absolute atomic E-state index is 12.9. The number of hydrogen-bond acceptors (Lipinski definition) is 7. The van der Waals surface area contributed by atoms with Crippen LogP contribution in [-0.2, 0) is 22.7 Å². The summed E-state index contributed by atoms with van der Waals surface area (Å²) in [5, 5.41) is 12.3. The molecule has 0 aliphatic rings. The minimum atomic E-state index is -0.923. The predicted octanol–water partition coefficient (Wildman–Crippen LogP) is 4.89. The molecule has 0 saturated carbocycles. The second-order valence-electron chi connectivity index (χ2n) is 8.40. The normalized spacial score (nSPS) is 11.3. The third-order valence-electron chi connectivity index (χ3n) is 5.23. The number of nitrogens with zero attached hydrogens (tertiary/aromatic N) is 1. The van der Waals surface area contributed by atoms with E-state index in [2.05, 4.69) is 5.32 Å². The van der Waals surface area contributed by atoms with Crippen molar-refractivity contribution in [2.24, 2.45) is 0 Å². The fraction of sp³-hybridized carbons (Fsp3) is 0.308. The molecule has 1 aromatic heterocycles. The summed E-state index contributed by atoms with van der Waals surface area (Å²) in [4.78, 5) is 27.1. The second-order valence-corrected chi connectivity index (χ2v) is 10.1. The van der Waals surface area contributed by atoms with Gasteiger partial charge in [0.25, 0.3) is 0 Å². The number of carboxylic acids is 1. The first-order valence-corrected chi connectivity index (χ1v) is 11.8. The van der Waals surface area contributed by atoms with Gasteiger partial charge in [0.2, 0.25) is 5.91 Å². The lowest BCUT2D eigenvalue weighted by Gasteiger charge is -2.22. The van der Waals surface area contributed by atoms with E-state index in [1.807, 2.05) is 41.3 Å². The maximum Gasteiger partial charge on any atom is 0.319 e. The highest BCUT2D eigenvalue weighted by molar-refractivity contribution is 8.01. The number of furan rings is 1. The van der Waals surface area contributed by atoms with Crippen LogP contribution in [0, 0.1) is 0 Å². The van der Waals surface area contributed by atoms with E-state index in [1.54, 1.807) is 45.4 Å². The van der Waals surface area contributed by atoms with Gasteiger partial charge >= 0.3 is 5.97 Å². The molecule has 3 rings (SSSR count). The number of nitrogens with one attached hydrogen (secondary N) is 1. The molecule has 2 N–H and O–H groups in total. The van der Waals surface area contributed by atoms with E-state index < -0.39 is 10.7 Å². The Morgan fingerprint density at radius 1 is 1.06 bits per heavy atom. The molecule has 0 atom stereocenters. The number of amides is 1. The topological polar surface area (TPSA) is 101 Å². The summed E-state index contributed by atoms with van der Waals surface area (Å²) in [6, 6.07) is 16.6. The average molecular weight is 499 g/mol. The lowest BCUT2D eigenvalue weighted by Crippen LogP contribution is -2.32. The van der Waals surface area contributed by atoms with Crippen LogP contribution in [0.5, 0.6) is 11.5 Å². The Hall–Kier alpha value is -3.43. The van der Waals surface area contributed by atoms with Crippen molar-refractivity contribution >= 4 is 29.3 Å². The van der Waals surface area contributed by atoms with E-state index in [1.165, 1.54) is 18.9 Å². The highest BCUT2D eigenvalue weighted by atomic mass is 32.2. The van der Waals surface area contributed by atoms with Gasteiger partial charge in [-0.1, -0.05) is 12.1 Å². The molecule has 35 heavy (non-hydrogen) atoms. The van der Waals surface area contributed by atoms with Crippen molar-refractivity contribution in [3.05, 3.63) is 72.2 Å². The van der Waals surface area contributed by atoms with Crippen LogP contribution < -0.4 is 14.8 Å². The Labute approximate surface area is 209 Å². The Bertz CT molecular complexity index is 1130. The van der Waals surface area contributed by atoms with Gasteiger partial charge in [-0.25, -0.2) is 0 Å². The highest BCUT2D eigenvalue weighted by Crippen LogP contribution is 2.33. The van der Waals surface area contributed by atoms with Gasteiger partial charge in [0.05, 0.1) is 39.3 Å². The smallest absolute Gasteiger partial charge is 0.319 e. The minimum Gasteiger partial charge on any atom is -0.497 e. The first kappa shape index (κ1) is 26.2.